The van der Waals surface area contributed by atoms with Crippen LogP contribution in [0.1, 0.15) is 21.1 Å². The summed E-state index contributed by atoms with van der Waals surface area (Å²) in [7, 11) is 0. The number of aromatic nitrogens is 3. The topological polar surface area (TPSA) is 110 Å². The van der Waals surface area contributed by atoms with Gasteiger partial charge in [-0.05, 0) is 36.1 Å². The third kappa shape index (κ3) is 5.00. The summed E-state index contributed by atoms with van der Waals surface area (Å²) in [6.45, 7) is 2.14. The van der Waals surface area contributed by atoms with Gasteiger partial charge in [0.1, 0.15) is 0 Å². The fourth-order valence-corrected chi connectivity index (χ4v) is 4.59. The molecule has 0 aliphatic carbocycles. The monoisotopic (exact) mass is 445 g/mol. The Morgan fingerprint density at radius 2 is 2.14 bits per heavy atom. The van der Waals surface area contributed by atoms with Gasteiger partial charge in [-0.15, -0.1) is 21.5 Å². The molecule has 0 saturated heterocycles. The van der Waals surface area contributed by atoms with Crippen LogP contribution in [0.3, 0.4) is 0 Å². The van der Waals surface area contributed by atoms with Gasteiger partial charge in [-0.25, -0.2) is 4.98 Å². The van der Waals surface area contributed by atoms with Gasteiger partial charge in [-0.3, -0.25) is 9.59 Å². The van der Waals surface area contributed by atoms with Crippen molar-refractivity contribution in [3.63, 3.8) is 0 Å². The summed E-state index contributed by atoms with van der Waals surface area (Å²) in [6, 6.07) is 9.50. The van der Waals surface area contributed by atoms with Gasteiger partial charge in [0, 0.05) is 0 Å². The van der Waals surface area contributed by atoms with Gasteiger partial charge in [0.2, 0.25) is 11.8 Å². The lowest BCUT2D eigenvalue weighted by Crippen LogP contribution is -2.21. The molecule has 3 heterocycles. The zero-order chi connectivity index (χ0) is 20.2. The van der Waals surface area contributed by atoms with Crippen LogP contribution in [0.4, 0.5) is 5.13 Å². The quantitative estimate of drug-likeness (QED) is 0.417. The molecule has 3 aromatic heterocycles. The molecule has 0 saturated carbocycles. The maximum absolute atomic E-state index is 12.2. The van der Waals surface area contributed by atoms with Crippen LogP contribution < -0.4 is 10.6 Å². The second kappa shape index (κ2) is 8.72. The number of nitrogens with zero attached hydrogens (tertiary/aromatic N) is 3. The first kappa shape index (κ1) is 19.6. The fraction of sp³-hybridized carbons (Fsp3) is 0.167. The molecule has 11 heteroatoms. The maximum Gasteiger partial charge on any atom is 0.277 e. The second-order valence-corrected chi connectivity index (χ2v) is 8.85. The van der Waals surface area contributed by atoms with E-state index in [1.54, 1.807) is 12.1 Å². The summed E-state index contributed by atoms with van der Waals surface area (Å²) >= 11 is 3.91. The molecule has 8 nitrogen and oxygen atoms in total. The van der Waals surface area contributed by atoms with Crippen LogP contribution in [0.25, 0.3) is 10.2 Å². The van der Waals surface area contributed by atoms with Crippen LogP contribution >= 0.6 is 34.4 Å². The van der Waals surface area contributed by atoms with Crippen LogP contribution in [0.5, 0.6) is 0 Å². The summed E-state index contributed by atoms with van der Waals surface area (Å²) in [4.78, 5) is 29.1. The molecule has 0 radical (unpaired) electrons. The number of rotatable bonds is 7. The summed E-state index contributed by atoms with van der Waals surface area (Å²) < 4.78 is 6.48. The summed E-state index contributed by atoms with van der Waals surface area (Å²) in [5, 5.41) is 15.9. The van der Waals surface area contributed by atoms with E-state index in [-0.39, 0.29) is 35.2 Å². The average molecular weight is 446 g/mol. The molecular weight excluding hydrogens is 430 g/mol. The Labute approximate surface area is 177 Å². The molecule has 29 heavy (non-hydrogen) atoms. The van der Waals surface area contributed by atoms with Crippen molar-refractivity contribution in [2.45, 2.75) is 18.7 Å². The molecule has 0 bridgehead atoms. The number of carbonyl (C=O) groups is 2. The van der Waals surface area contributed by atoms with E-state index in [0.717, 1.165) is 27.5 Å². The van der Waals surface area contributed by atoms with Crippen molar-refractivity contribution in [2.24, 2.45) is 0 Å². The maximum atomic E-state index is 12.2. The van der Waals surface area contributed by atoms with E-state index in [0.29, 0.717) is 10.0 Å². The van der Waals surface area contributed by atoms with E-state index < -0.39 is 0 Å². The molecular formula is C18H15N5O3S3. The van der Waals surface area contributed by atoms with Crippen molar-refractivity contribution in [1.82, 2.24) is 20.5 Å². The number of hydrogen-bond donors (Lipinski definition) is 2. The van der Waals surface area contributed by atoms with Crippen LogP contribution in [0, 0.1) is 6.92 Å². The highest BCUT2D eigenvalue weighted by Crippen LogP contribution is 2.27. The standard InChI is InChI=1S/C18H15N5O3S3/c1-10-4-5-11-13(7-10)29-17(20-11)21-14(24)9-28-18-23-22-15(26-18)8-19-16(25)12-3-2-6-27-12/h2-7H,8-9H2,1H3,(H,19,25)(H,20,21,24). The molecule has 0 aliphatic heterocycles. The van der Waals surface area contributed by atoms with E-state index in [1.165, 1.54) is 22.7 Å². The van der Waals surface area contributed by atoms with Crippen LogP contribution in [-0.4, -0.2) is 32.7 Å². The highest BCUT2D eigenvalue weighted by molar-refractivity contribution is 7.99. The smallest absolute Gasteiger partial charge is 0.277 e. The van der Waals surface area contributed by atoms with E-state index in [1.807, 2.05) is 30.5 Å². The largest absolute Gasteiger partial charge is 0.414 e. The highest BCUT2D eigenvalue weighted by Gasteiger charge is 2.13. The first-order valence-electron chi connectivity index (χ1n) is 8.51. The average Bonchev–Trinajstić information content (AvgIpc) is 3.44. The molecule has 0 fully saturated rings. The van der Waals surface area contributed by atoms with Gasteiger partial charge in [0.15, 0.2) is 5.13 Å². The van der Waals surface area contributed by atoms with Crippen molar-refractivity contribution in [2.75, 3.05) is 11.1 Å². The molecule has 0 atom stereocenters. The molecule has 2 N–H and O–H groups in total. The zero-order valence-corrected chi connectivity index (χ0v) is 17.6. The Morgan fingerprint density at radius 3 is 2.97 bits per heavy atom. The SMILES string of the molecule is Cc1ccc2nc(NC(=O)CSc3nnc(CNC(=O)c4cccs4)o3)sc2c1. The van der Waals surface area contributed by atoms with Gasteiger partial charge in [0.05, 0.1) is 27.4 Å². The molecule has 0 aliphatic rings. The molecule has 4 rings (SSSR count). The Hall–Kier alpha value is -2.76. The Kier molecular flexibility index (Phi) is 5.88. The van der Waals surface area contributed by atoms with Crippen molar-refractivity contribution >= 4 is 61.6 Å². The molecule has 1 aromatic carbocycles. The number of thiophene rings is 1. The number of nitrogens with one attached hydrogen (secondary N) is 2. The van der Waals surface area contributed by atoms with E-state index >= 15 is 0 Å². The number of anilines is 1. The van der Waals surface area contributed by atoms with Crippen molar-refractivity contribution < 1.29 is 14.0 Å². The zero-order valence-electron chi connectivity index (χ0n) is 15.2. The second-order valence-electron chi connectivity index (χ2n) is 5.95. The van der Waals surface area contributed by atoms with E-state index in [2.05, 4.69) is 25.8 Å². The van der Waals surface area contributed by atoms with Gasteiger partial charge >= 0.3 is 0 Å². The number of aryl methyl sites for hydroxylation is 1. The third-order valence-electron chi connectivity index (χ3n) is 3.71. The lowest BCUT2D eigenvalue weighted by molar-refractivity contribution is -0.113. The van der Waals surface area contributed by atoms with Crippen molar-refractivity contribution in [3.8, 4) is 0 Å². The highest BCUT2D eigenvalue weighted by atomic mass is 32.2. The van der Waals surface area contributed by atoms with Crippen molar-refractivity contribution in [3.05, 3.63) is 52.0 Å². The van der Waals surface area contributed by atoms with E-state index in [4.69, 9.17) is 4.42 Å². The minimum absolute atomic E-state index is 0.109. The third-order valence-corrected chi connectivity index (χ3v) is 6.33. The Morgan fingerprint density at radius 1 is 1.24 bits per heavy atom. The molecule has 0 unspecified atom stereocenters. The summed E-state index contributed by atoms with van der Waals surface area (Å²) in [6.07, 6.45) is 0. The number of hydrogen-bond acceptors (Lipinski definition) is 9. The van der Waals surface area contributed by atoms with Crippen LogP contribution in [0.2, 0.25) is 0 Å². The molecule has 4 aromatic rings. The normalized spacial score (nSPS) is 10.9. The first-order valence-corrected chi connectivity index (χ1v) is 11.2. The van der Waals surface area contributed by atoms with Gasteiger partial charge in [0.25, 0.3) is 11.1 Å². The predicted molar refractivity (Wildman–Crippen MR) is 113 cm³/mol. The molecule has 2 amide bonds. The lowest BCUT2D eigenvalue weighted by Gasteiger charge is -1.99. The van der Waals surface area contributed by atoms with E-state index in [9.17, 15) is 9.59 Å². The number of amides is 2. The Balaban J connectivity index is 1.26. The Bertz CT molecular complexity index is 1150. The van der Waals surface area contributed by atoms with Crippen LogP contribution in [-0.2, 0) is 11.3 Å². The fourth-order valence-electron chi connectivity index (χ4n) is 2.39. The number of thioether (sulfide) groups is 1. The number of thiazole rings is 1. The summed E-state index contributed by atoms with van der Waals surface area (Å²) in [5.74, 6) is -0.0216. The van der Waals surface area contributed by atoms with Gasteiger partial charge < -0.3 is 15.1 Å². The lowest BCUT2D eigenvalue weighted by atomic mass is 10.2. The van der Waals surface area contributed by atoms with Gasteiger partial charge in [-0.1, -0.05) is 35.2 Å². The van der Waals surface area contributed by atoms with Crippen molar-refractivity contribution in [1.29, 1.82) is 0 Å². The summed E-state index contributed by atoms with van der Waals surface area (Å²) in [5.41, 5.74) is 2.00. The number of fused-ring (bicyclic) bond motifs is 1. The number of carbonyl (C=O) groups excluding carboxylic acids is 2. The van der Waals surface area contributed by atoms with Crippen LogP contribution in [0.15, 0.2) is 45.4 Å². The first-order chi connectivity index (χ1) is 14.1. The number of benzene rings is 1. The predicted octanol–water partition coefficient (Wildman–Crippen LogP) is 3.71. The minimum atomic E-state index is -0.212. The minimum Gasteiger partial charge on any atom is -0.414 e. The molecule has 148 valence electrons. The molecule has 0 spiro atoms. The van der Waals surface area contributed by atoms with Gasteiger partial charge in [-0.2, -0.15) is 0 Å².